The topological polar surface area (TPSA) is 69.0 Å². The third kappa shape index (κ3) is 3.99. The van der Waals surface area contributed by atoms with Gasteiger partial charge in [0, 0.05) is 11.4 Å². The number of hydrogen-bond donors (Lipinski definition) is 1. The Kier molecular flexibility index (Phi) is 5.25. The Hall–Kier alpha value is -3.32. The molecular weight excluding hydrogens is 372 g/mol. The minimum absolute atomic E-state index is 0.0930. The van der Waals surface area contributed by atoms with Crippen molar-refractivity contribution >= 4 is 34.1 Å². The highest BCUT2D eigenvalue weighted by Crippen LogP contribution is 2.22. The van der Waals surface area contributed by atoms with E-state index in [2.05, 4.69) is 15.5 Å². The van der Waals surface area contributed by atoms with Gasteiger partial charge in [0.05, 0.1) is 12.9 Å². The molecule has 1 heterocycles. The highest BCUT2D eigenvalue weighted by atomic mass is 32.2. The maximum atomic E-state index is 12.4. The van der Waals surface area contributed by atoms with Gasteiger partial charge in [0.25, 0.3) is 0 Å². The highest BCUT2D eigenvalue weighted by Gasteiger charge is 2.11. The van der Waals surface area contributed by atoms with E-state index in [1.165, 1.54) is 11.8 Å². The van der Waals surface area contributed by atoms with Crippen molar-refractivity contribution in [2.45, 2.75) is 5.16 Å². The number of amides is 1. The molecule has 140 valence electrons. The monoisotopic (exact) mass is 390 g/mol. The second kappa shape index (κ2) is 8.14. The first-order chi connectivity index (χ1) is 13.7. The number of hydrogen-bond acceptors (Lipinski definition) is 5. The molecule has 0 aliphatic heterocycles. The van der Waals surface area contributed by atoms with E-state index >= 15 is 0 Å². The van der Waals surface area contributed by atoms with Crippen LogP contribution in [0.5, 0.6) is 5.75 Å². The smallest absolute Gasteiger partial charge is 0.234 e. The Morgan fingerprint density at radius 1 is 1.07 bits per heavy atom. The number of ether oxygens (including phenoxy) is 1. The molecule has 0 spiro atoms. The number of thioether (sulfide) groups is 1. The summed E-state index contributed by atoms with van der Waals surface area (Å²) in [4.78, 5) is 12.4. The van der Waals surface area contributed by atoms with Crippen LogP contribution in [-0.4, -0.2) is 33.5 Å². The second-order valence-electron chi connectivity index (χ2n) is 6.08. The molecule has 1 N–H and O–H groups in total. The van der Waals surface area contributed by atoms with Crippen molar-refractivity contribution in [1.29, 1.82) is 0 Å². The van der Waals surface area contributed by atoms with Gasteiger partial charge in [-0.15, -0.1) is 10.2 Å². The van der Waals surface area contributed by atoms with Crippen LogP contribution in [0.2, 0.25) is 0 Å². The first-order valence-electron chi connectivity index (χ1n) is 8.69. The summed E-state index contributed by atoms with van der Waals surface area (Å²) in [5.74, 6) is 0.923. The first kappa shape index (κ1) is 18.1. The Morgan fingerprint density at radius 3 is 2.64 bits per heavy atom. The Balaban J connectivity index is 1.41. The van der Waals surface area contributed by atoms with Gasteiger partial charge in [-0.1, -0.05) is 42.1 Å². The van der Waals surface area contributed by atoms with Crippen LogP contribution >= 0.6 is 11.8 Å². The number of fused-ring (bicyclic) bond motifs is 1. The number of carbonyl (C=O) groups is 1. The zero-order valence-electron chi connectivity index (χ0n) is 15.2. The Morgan fingerprint density at radius 2 is 1.86 bits per heavy atom. The van der Waals surface area contributed by atoms with Crippen molar-refractivity contribution in [1.82, 2.24) is 14.8 Å². The average Bonchev–Trinajstić information content (AvgIpc) is 3.21. The van der Waals surface area contributed by atoms with Crippen LogP contribution < -0.4 is 10.1 Å². The zero-order valence-corrected chi connectivity index (χ0v) is 16.0. The zero-order chi connectivity index (χ0) is 19.3. The second-order valence-corrected chi connectivity index (χ2v) is 7.02. The Bertz CT molecular complexity index is 1110. The molecule has 0 fully saturated rings. The summed E-state index contributed by atoms with van der Waals surface area (Å²) in [5.41, 5.74) is 1.68. The molecule has 7 heteroatoms. The molecule has 0 unspecified atom stereocenters. The lowest BCUT2D eigenvalue weighted by Crippen LogP contribution is -2.14. The van der Waals surface area contributed by atoms with Crippen LogP contribution in [0, 0.1) is 0 Å². The molecule has 4 aromatic rings. The predicted molar refractivity (Wildman–Crippen MR) is 111 cm³/mol. The maximum absolute atomic E-state index is 12.4. The SMILES string of the molecule is COc1ccc(-n2cnnc2SCC(=O)Nc2ccc3ccccc3c2)cc1. The van der Waals surface area contributed by atoms with Gasteiger partial charge in [0.15, 0.2) is 5.16 Å². The predicted octanol–water partition coefficient (Wildman–Crippen LogP) is 4.16. The van der Waals surface area contributed by atoms with E-state index in [-0.39, 0.29) is 11.7 Å². The quantitative estimate of drug-likeness (QED) is 0.501. The van der Waals surface area contributed by atoms with E-state index in [9.17, 15) is 4.79 Å². The number of anilines is 1. The van der Waals surface area contributed by atoms with Crippen LogP contribution in [0.4, 0.5) is 5.69 Å². The number of nitrogens with zero attached hydrogens (tertiary/aromatic N) is 3. The number of methoxy groups -OCH3 is 1. The van der Waals surface area contributed by atoms with Gasteiger partial charge in [-0.25, -0.2) is 0 Å². The summed E-state index contributed by atoms with van der Waals surface area (Å²) >= 11 is 1.34. The minimum atomic E-state index is -0.0930. The van der Waals surface area contributed by atoms with Crippen molar-refractivity contribution in [3.8, 4) is 11.4 Å². The molecular formula is C21H18N4O2S. The molecule has 1 amide bonds. The van der Waals surface area contributed by atoms with Crippen LogP contribution in [-0.2, 0) is 4.79 Å². The minimum Gasteiger partial charge on any atom is -0.497 e. The van der Waals surface area contributed by atoms with Crippen LogP contribution in [0.15, 0.2) is 78.2 Å². The summed E-state index contributed by atoms with van der Waals surface area (Å²) in [6.45, 7) is 0. The largest absolute Gasteiger partial charge is 0.497 e. The summed E-state index contributed by atoms with van der Waals surface area (Å²) in [5, 5.41) is 13.9. The molecule has 0 atom stereocenters. The van der Waals surface area contributed by atoms with E-state index in [0.717, 1.165) is 27.9 Å². The van der Waals surface area contributed by atoms with Gasteiger partial charge in [0.1, 0.15) is 12.1 Å². The molecule has 28 heavy (non-hydrogen) atoms. The lowest BCUT2D eigenvalue weighted by atomic mass is 10.1. The van der Waals surface area contributed by atoms with Gasteiger partial charge in [-0.05, 0) is 47.2 Å². The summed E-state index contributed by atoms with van der Waals surface area (Å²) in [6.07, 6.45) is 1.63. The number of benzene rings is 3. The lowest BCUT2D eigenvalue weighted by Gasteiger charge is -2.08. The molecule has 0 saturated heterocycles. The van der Waals surface area contributed by atoms with Crippen molar-refractivity contribution in [2.75, 3.05) is 18.2 Å². The van der Waals surface area contributed by atoms with Crippen molar-refractivity contribution in [3.63, 3.8) is 0 Å². The fourth-order valence-corrected chi connectivity index (χ4v) is 3.57. The molecule has 0 radical (unpaired) electrons. The van der Waals surface area contributed by atoms with Gasteiger partial charge in [-0.3, -0.25) is 9.36 Å². The van der Waals surface area contributed by atoms with E-state index in [1.54, 1.807) is 13.4 Å². The standard InChI is InChI=1S/C21H18N4O2S/c1-27-19-10-8-18(9-11-19)25-14-22-24-21(25)28-13-20(26)23-17-7-6-15-4-2-3-5-16(15)12-17/h2-12,14H,13H2,1H3,(H,23,26). The van der Waals surface area contributed by atoms with E-state index in [1.807, 2.05) is 71.3 Å². The number of carbonyl (C=O) groups excluding carboxylic acids is 1. The fourth-order valence-electron chi connectivity index (χ4n) is 2.84. The van der Waals surface area contributed by atoms with Crippen LogP contribution in [0.1, 0.15) is 0 Å². The number of rotatable bonds is 6. The van der Waals surface area contributed by atoms with Gasteiger partial charge in [-0.2, -0.15) is 0 Å². The molecule has 3 aromatic carbocycles. The van der Waals surface area contributed by atoms with E-state index in [0.29, 0.717) is 5.16 Å². The normalized spacial score (nSPS) is 10.8. The number of nitrogens with one attached hydrogen (secondary N) is 1. The summed E-state index contributed by atoms with van der Waals surface area (Å²) < 4.78 is 7.02. The van der Waals surface area contributed by atoms with Crippen LogP contribution in [0.25, 0.3) is 16.5 Å². The van der Waals surface area contributed by atoms with Gasteiger partial charge >= 0.3 is 0 Å². The average molecular weight is 390 g/mol. The molecule has 0 saturated carbocycles. The van der Waals surface area contributed by atoms with Crippen molar-refractivity contribution < 1.29 is 9.53 Å². The third-order valence-electron chi connectivity index (χ3n) is 4.23. The third-order valence-corrected chi connectivity index (χ3v) is 5.18. The molecule has 0 aliphatic carbocycles. The van der Waals surface area contributed by atoms with E-state index < -0.39 is 0 Å². The molecule has 1 aromatic heterocycles. The molecule has 0 bridgehead atoms. The van der Waals surface area contributed by atoms with E-state index in [4.69, 9.17) is 4.74 Å². The van der Waals surface area contributed by atoms with Crippen LogP contribution in [0.3, 0.4) is 0 Å². The van der Waals surface area contributed by atoms with Crippen molar-refractivity contribution in [2.24, 2.45) is 0 Å². The highest BCUT2D eigenvalue weighted by molar-refractivity contribution is 7.99. The molecule has 6 nitrogen and oxygen atoms in total. The van der Waals surface area contributed by atoms with Gasteiger partial charge < -0.3 is 10.1 Å². The molecule has 0 aliphatic rings. The summed E-state index contributed by atoms with van der Waals surface area (Å²) in [6, 6.07) is 21.5. The maximum Gasteiger partial charge on any atom is 0.234 e. The van der Waals surface area contributed by atoms with Crippen molar-refractivity contribution in [3.05, 3.63) is 73.1 Å². The molecule has 4 rings (SSSR count). The fraction of sp³-hybridized carbons (Fsp3) is 0.0952. The summed E-state index contributed by atoms with van der Waals surface area (Å²) in [7, 11) is 1.63. The first-order valence-corrected chi connectivity index (χ1v) is 9.67. The van der Waals surface area contributed by atoms with Gasteiger partial charge in [0.2, 0.25) is 5.91 Å². The lowest BCUT2D eigenvalue weighted by molar-refractivity contribution is -0.113. The number of aromatic nitrogens is 3. The Labute approximate surface area is 166 Å².